The van der Waals surface area contributed by atoms with Gasteiger partial charge in [-0.25, -0.2) is 22.0 Å². The molecule has 3 aromatic rings. The number of aromatic nitrogens is 1. The Morgan fingerprint density at radius 3 is 2.27 bits per heavy atom. The summed E-state index contributed by atoms with van der Waals surface area (Å²) < 4.78 is 58.9. The predicted octanol–water partition coefficient (Wildman–Crippen LogP) is 2.40. The Kier molecular flexibility index (Phi) is 8.02. The molecule has 200 valence electrons. The van der Waals surface area contributed by atoms with Gasteiger partial charge in [0.15, 0.2) is 4.80 Å². The van der Waals surface area contributed by atoms with Gasteiger partial charge in [0, 0.05) is 32.3 Å². The molecule has 2 aromatic carbocycles. The number of carbonyl (C=O) groups is 1. The van der Waals surface area contributed by atoms with Crippen molar-refractivity contribution in [2.45, 2.75) is 36.6 Å². The van der Waals surface area contributed by atoms with Crippen molar-refractivity contribution in [3.63, 3.8) is 0 Å². The summed E-state index contributed by atoms with van der Waals surface area (Å²) in [6.07, 6.45) is 0.992. The van der Waals surface area contributed by atoms with Gasteiger partial charge in [-0.3, -0.25) is 4.79 Å². The first-order valence-electron chi connectivity index (χ1n) is 11.7. The first kappa shape index (κ1) is 27.6. The number of nitrogens with zero attached hydrogens (tertiary/aromatic N) is 3. The van der Waals surface area contributed by atoms with Gasteiger partial charge in [-0.2, -0.15) is 9.30 Å². The highest BCUT2D eigenvalue weighted by Gasteiger charge is 2.31. The minimum atomic E-state index is -3.89. The number of hydrogen-bond acceptors (Lipinski definition) is 7. The van der Waals surface area contributed by atoms with Gasteiger partial charge < -0.3 is 9.30 Å². The molecule has 2 N–H and O–H groups in total. The van der Waals surface area contributed by atoms with E-state index in [9.17, 15) is 21.6 Å². The van der Waals surface area contributed by atoms with E-state index in [1.807, 2.05) is 13.8 Å². The highest BCUT2D eigenvalue weighted by molar-refractivity contribution is 7.89. The van der Waals surface area contributed by atoms with Crippen LogP contribution in [0.25, 0.3) is 10.2 Å². The molecule has 1 amide bonds. The van der Waals surface area contributed by atoms with Crippen LogP contribution < -0.4 is 9.94 Å². The zero-order valence-corrected chi connectivity index (χ0v) is 23.3. The average molecular weight is 567 g/mol. The Bertz CT molecular complexity index is 1580. The lowest BCUT2D eigenvalue weighted by Gasteiger charge is -2.34. The lowest BCUT2D eigenvalue weighted by molar-refractivity contribution is 0.0997. The minimum absolute atomic E-state index is 0.0349. The van der Waals surface area contributed by atoms with E-state index in [2.05, 4.69) is 4.99 Å². The molecule has 1 aromatic heterocycles. The largest absolute Gasteiger partial charge is 0.383 e. The number of methoxy groups -OCH3 is 1. The molecule has 2 heterocycles. The van der Waals surface area contributed by atoms with Crippen LogP contribution >= 0.6 is 11.3 Å². The highest BCUT2D eigenvalue weighted by atomic mass is 32.2. The smallest absolute Gasteiger partial charge is 0.279 e. The van der Waals surface area contributed by atoms with Gasteiger partial charge in [0.1, 0.15) is 0 Å². The van der Waals surface area contributed by atoms with Crippen molar-refractivity contribution >= 4 is 47.5 Å². The number of fused-ring (bicyclic) bond motifs is 1. The first-order chi connectivity index (χ1) is 17.4. The Morgan fingerprint density at radius 1 is 1.05 bits per heavy atom. The number of thiazole rings is 1. The Morgan fingerprint density at radius 2 is 1.68 bits per heavy atom. The molecule has 1 fully saturated rings. The van der Waals surface area contributed by atoms with Crippen LogP contribution in [0, 0.1) is 11.8 Å². The van der Waals surface area contributed by atoms with Crippen molar-refractivity contribution in [2.24, 2.45) is 22.0 Å². The second kappa shape index (κ2) is 10.8. The maximum atomic E-state index is 13.1. The summed E-state index contributed by atoms with van der Waals surface area (Å²) in [7, 11) is -6.00. The van der Waals surface area contributed by atoms with Crippen molar-refractivity contribution in [1.82, 2.24) is 8.87 Å². The van der Waals surface area contributed by atoms with Crippen LogP contribution in [0.2, 0.25) is 0 Å². The van der Waals surface area contributed by atoms with Crippen LogP contribution in [0.5, 0.6) is 0 Å². The molecule has 1 saturated heterocycles. The molecule has 37 heavy (non-hydrogen) atoms. The third-order valence-corrected chi connectivity index (χ3v) is 10.1. The molecule has 0 aliphatic carbocycles. The fourth-order valence-corrected chi connectivity index (χ4v) is 7.97. The second-order valence-electron chi connectivity index (χ2n) is 9.41. The topological polar surface area (TPSA) is 141 Å². The van der Waals surface area contributed by atoms with E-state index < -0.39 is 26.0 Å². The summed E-state index contributed by atoms with van der Waals surface area (Å²) in [6, 6.07) is 10.3. The Balaban J connectivity index is 1.66. The molecule has 2 unspecified atom stereocenters. The minimum Gasteiger partial charge on any atom is -0.383 e. The van der Waals surface area contributed by atoms with Gasteiger partial charge in [-0.1, -0.05) is 25.2 Å². The van der Waals surface area contributed by atoms with Crippen molar-refractivity contribution in [1.29, 1.82) is 0 Å². The van der Waals surface area contributed by atoms with E-state index in [0.717, 1.165) is 17.8 Å². The van der Waals surface area contributed by atoms with Gasteiger partial charge in [0.25, 0.3) is 5.91 Å². The first-order valence-corrected chi connectivity index (χ1v) is 15.5. The van der Waals surface area contributed by atoms with Crippen molar-refractivity contribution in [3.05, 3.63) is 52.8 Å². The van der Waals surface area contributed by atoms with Crippen LogP contribution in [-0.4, -0.2) is 58.4 Å². The normalized spacial score (nSPS) is 19.9. The standard InChI is InChI=1S/C24H30N4O6S3/c1-16-12-17(2)15-27(14-16)37(32,33)19-6-4-18(5-7-19)23(29)26-24-28(10-11-34-3)21-9-8-20(36(25,30)31)13-22(21)35-24/h4-9,13,16-17H,10-12,14-15H2,1-3H3,(H2,25,30,31). The maximum Gasteiger partial charge on any atom is 0.279 e. The van der Waals surface area contributed by atoms with E-state index in [0.29, 0.717) is 41.3 Å². The summed E-state index contributed by atoms with van der Waals surface area (Å²) in [5.41, 5.74) is 0.924. The van der Waals surface area contributed by atoms with E-state index in [4.69, 9.17) is 9.88 Å². The third kappa shape index (κ3) is 6.02. The quantitative estimate of drug-likeness (QED) is 0.466. The number of sulfonamides is 2. The summed E-state index contributed by atoms with van der Waals surface area (Å²) >= 11 is 1.15. The van der Waals surface area contributed by atoms with Gasteiger partial charge in [0.2, 0.25) is 20.0 Å². The number of hydrogen-bond donors (Lipinski definition) is 1. The molecule has 4 rings (SSSR count). The van der Waals surface area contributed by atoms with Crippen molar-refractivity contribution in [3.8, 4) is 0 Å². The summed E-state index contributed by atoms with van der Waals surface area (Å²) in [5, 5.41) is 5.26. The fourth-order valence-electron chi connectivity index (χ4n) is 4.59. The molecule has 13 heteroatoms. The molecular formula is C24H30N4O6S3. The zero-order chi connectivity index (χ0) is 27.0. The number of primary sulfonamides is 1. The second-order valence-corrected chi connectivity index (χ2v) is 13.9. The number of nitrogens with two attached hydrogens (primary N) is 1. The molecule has 0 saturated carbocycles. The van der Waals surface area contributed by atoms with Crippen LogP contribution in [0.3, 0.4) is 0 Å². The lowest BCUT2D eigenvalue weighted by atomic mass is 9.94. The number of benzene rings is 2. The average Bonchev–Trinajstić information content (AvgIpc) is 3.17. The molecule has 0 bridgehead atoms. The number of rotatable bonds is 7. The van der Waals surface area contributed by atoms with Gasteiger partial charge in [-0.05, 0) is 60.7 Å². The van der Waals surface area contributed by atoms with Gasteiger partial charge >= 0.3 is 0 Å². The molecule has 0 spiro atoms. The molecule has 1 aliphatic heterocycles. The van der Waals surface area contributed by atoms with Crippen LogP contribution in [-0.2, 0) is 31.3 Å². The fraction of sp³-hybridized carbons (Fsp3) is 0.417. The van der Waals surface area contributed by atoms with E-state index in [1.165, 1.54) is 40.7 Å². The Labute approximate surface area is 220 Å². The molecule has 2 atom stereocenters. The number of ether oxygens (including phenoxy) is 1. The maximum absolute atomic E-state index is 13.1. The van der Waals surface area contributed by atoms with E-state index in [-0.39, 0.29) is 27.2 Å². The predicted molar refractivity (Wildman–Crippen MR) is 141 cm³/mol. The van der Waals surface area contributed by atoms with Crippen LogP contribution in [0.1, 0.15) is 30.6 Å². The number of carbonyl (C=O) groups excluding carboxylic acids is 1. The molecule has 1 aliphatic rings. The molecule has 10 nitrogen and oxygen atoms in total. The van der Waals surface area contributed by atoms with E-state index >= 15 is 0 Å². The molecule has 0 radical (unpaired) electrons. The molecular weight excluding hydrogens is 536 g/mol. The summed E-state index contributed by atoms with van der Waals surface area (Å²) in [6.45, 7) is 5.78. The van der Waals surface area contributed by atoms with Gasteiger partial charge in [0.05, 0.1) is 26.6 Å². The summed E-state index contributed by atoms with van der Waals surface area (Å²) in [4.78, 5) is 17.7. The van der Waals surface area contributed by atoms with Crippen LogP contribution in [0.4, 0.5) is 0 Å². The highest BCUT2D eigenvalue weighted by Crippen LogP contribution is 2.27. The summed E-state index contributed by atoms with van der Waals surface area (Å²) in [5.74, 6) is 0.0178. The SMILES string of the molecule is COCCn1c(=NC(=O)c2ccc(S(=O)(=O)N3CC(C)CC(C)C3)cc2)sc2cc(S(N)(=O)=O)ccc21. The number of amides is 1. The third-order valence-electron chi connectivity index (χ3n) is 6.27. The lowest BCUT2D eigenvalue weighted by Crippen LogP contribution is -2.42. The van der Waals surface area contributed by atoms with Crippen molar-refractivity contribution in [2.75, 3.05) is 26.8 Å². The zero-order valence-electron chi connectivity index (χ0n) is 20.8. The Hall–Kier alpha value is -2.42. The van der Waals surface area contributed by atoms with Crippen molar-refractivity contribution < 1.29 is 26.4 Å². The van der Waals surface area contributed by atoms with Gasteiger partial charge in [-0.15, -0.1) is 0 Å². The van der Waals surface area contributed by atoms with E-state index in [1.54, 1.807) is 17.7 Å². The monoisotopic (exact) mass is 566 g/mol. The van der Waals surface area contributed by atoms with Crippen LogP contribution in [0.15, 0.2) is 57.2 Å². The number of piperidine rings is 1.